The van der Waals surface area contributed by atoms with Gasteiger partial charge in [0.1, 0.15) is 5.75 Å². The van der Waals surface area contributed by atoms with Crippen LogP contribution in [0.1, 0.15) is 17.4 Å². The molecule has 8 heteroatoms. The monoisotopic (exact) mass is 384 g/mol. The minimum atomic E-state index is -0.266. The van der Waals surface area contributed by atoms with Crippen LogP contribution in [0.3, 0.4) is 0 Å². The maximum atomic E-state index is 12.7. The number of imidazole rings is 1. The lowest BCUT2D eigenvalue weighted by Gasteiger charge is -2.00. The number of nitrogens with one attached hydrogen (secondary N) is 1. The summed E-state index contributed by atoms with van der Waals surface area (Å²) < 4.78 is 8.39. The molecule has 0 fully saturated rings. The third-order valence-corrected chi connectivity index (χ3v) is 5.39. The van der Waals surface area contributed by atoms with Crippen LogP contribution in [0.4, 0.5) is 5.13 Å². The van der Waals surface area contributed by atoms with Crippen LogP contribution in [0.15, 0.2) is 47.8 Å². The molecule has 0 aliphatic carbocycles. The molecule has 3 heterocycles. The Bertz CT molecular complexity index is 1100. The molecule has 26 heavy (non-hydrogen) atoms. The lowest BCUT2D eigenvalue weighted by Crippen LogP contribution is -2.12. The van der Waals surface area contributed by atoms with Crippen molar-refractivity contribution in [1.82, 2.24) is 14.4 Å². The Kier molecular flexibility index (Phi) is 4.52. The highest BCUT2D eigenvalue weighted by Crippen LogP contribution is 2.30. The number of carbonyl (C=O) groups excluding carboxylic acids is 1. The van der Waals surface area contributed by atoms with Crippen molar-refractivity contribution in [1.29, 1.82) is 0 Å². The first-order valence-corrected chi connectivity index (χ1v) is 10.1. The molecule has 0 spiro atoms. The van der Waals surface area contributed by atoms with Crippen molar-refractivity contribution in [3.63, 3.8) is 0 Å². The molecule has 1 N–H and O–H groups in total. The van der Waals surface area contributed by atoms with Crippen LogP contribution < -0.4 is 10.1 Å². The number of thiazole rings is 1. The second kappa shape index (κ2) is 6.97. The van der Waals surface area contributed by atoms with Crippen LogP contribution in [0, 0.1) is 0 Å². The van der Waals surface area contributed by atoms with Crippen LogP contribution in [-0.4, -0.2) is 33.1 Å². The van der Waals surface area contributed by atoms with E-state index in [4.69, 9.17) is 4.74 Å². The first-order chi connectivity index (χ1) is 12.7. The van der Waals surface area contributed by atoms with Gasteiger partial charge in [-0.2, -0.15) is 0 Å². The van der Waals surface area contributed by atoms with Crippen molar-refractivity contribution < 1.29 is 9.53 Å². The molecule has 0 bridgehead atoms. The molecule has 0 saturated heterocycles. The number of fused-ring (bicyclic) bond motifs is 2. The summed E-state index contributed by atoms with van der Waals surface area (Å²) in [6.45, 7) is 2.56. The van der Waals surface area contributed by atoms with Crippen molar-refractivity contribution in [2.24, 2.45) is 0 Å². The second-order valence-corrected chi connectivity index (χ2v) is 7.24. The third kappa shape index (κ3) is 3.02. The standard InChI is InChI=1S/C18H16N4O2S2/c1-3-24-11-7-8-12-14(10-11)26-17(19-12)21-16(23)15-13-6-4-5-9-22(13)18(20-15)25-2/h4-10H,3H2,1-2H3,(H,19,21,23). The first kappa shape index (κ1) is 16.9. The van der Waals surface area contributed by atoms with Crippen molar-refractivity contribution >= 4 is 49.9 Å². The van der Waals surface area contributed by atoms with Crippen molar-refractivity contribution in [2.45, 2.75) is 12.1 Å². The zero-order chi connectivity index (χ0) is 18.1. The minimum Gasteiger partial charge on any atom is -0.494 e. The van der Waals surface area contributed by atoms with Crippen molar-refractivity contribution in [3.8, 4) is 5.75 Å². The van der Waals surface area contributed by atoms with Gasteiger partial charge in [0.2, 0.25) is 0 Å². The molecule has 4 rings (SSSR count). The fraction of sp³-hybridized carbons (Fsp3) is 0.167. The number of pyridine rings is 1. The number of benzene rings is 1. The summed E-state index contributed by atoms with van der Waals surface area (Å²) in [7, 11) is 0. The maximum Gasteiger partial charge on any atom is 0.278 e. The quantitative estimate of drug-likeness (QED) is 0.519. The average Bonchev–Trinajstić information content (AvgIpc) is 3.22. The van der Waals surface area contributed by atoms with Gasteiger partial charge in [-0.25, -0.2) is 9.97 Å². The summed E-state index contributed by atoms with van der Waals surface area (Å²) in [5.74, 6) is 0.532. The Morgan fingerprint density at radius 2 is 2.19 bits per heavy atom. The Hall–Kier alpha value is -2.58. The van der Waals surface area contributed by atoms with Gasteiger partial charge in [-0.1, -0.05) is 29.2 Å². The van der Waals surface area contributed by atoms with E-state index in [1.165, 1.54) is 23.1 Å². The lowest BCUT2D eigenvalue weighted by molar-refractivity contribution is 0.102. The van der Waals surface area contributed by atoms with E-state index in [2.05, 4.69) is 15.3 Å². The molecule has 6 nitrogen and oxygen atoms in total. The van der Waals surface area contributed by atoms with E-state index in [-0.39, 0.29) is 5.91 Å². The highest BCUT2D eigenvalue weighted by molar-refractivity contribution is 7.98. The zero-order valence-corrected chi connectivity index (χ0v) is 15.9. The number of amides is 1. The number of hydrogen-bond acceptors (Lipinski definition) is 6. The number of aromatic nitrogens is 3. The second-order valence-electron chi connectivity index (χ2n) is 5.44. The van der Waals surface area contributed by atoms with Gasteiger partial charge in [-0.3, -0.25) is 14.5 Å². The SMILES string of the molecule is CCOc1ccc2nc(NC(=O)c3nc(SC)n4ccccc34)sc2c1. The normalized spacial score (nSPS) is 11.2. The van der Waals surface area contributed by atoms with E-state index in [1.54, 1.807) is 0 Å². The molecule has 4 aromatic rings. The summed E-state index contributed by atoms with van der Waals surface area (Å²) in [5, 5.41) is 4.19. The summed E-state index contributed by atoms with van der Waals surface area (Å²) in [6, 6.07) is 11.4. The van der Waals surface area contributed by atoms with E-state index in [1.807, 2.05) is 60.2 Å². The van der Waals surface area contributed by atoms with Gasteiger partial charge in [0, 0.05) is 6.20 Å². The van der Waals surface area contributed by atoms with Gasteiger partial charge in [-0.05, 0) is 43.5 Å². The summed E-state index contributed by atoms with van der Waals surface area (Å²) in [4.78, 5) is 21.7. The largest absolute Gasteiger partial charge is 0.494 e. The van der Waals surface area contributed by atoms with Gasteiger partial charge in [0.25, 0.3) is 5.91 Å². The minimum absolute atomic E-state index is 0.266. The molecule has 0 saturated carbocycles. The van der Waals surface area contributed by atoms with Gasteiger partial charge in [0.05, 0.1) is 22.3 Å². The number of rotatable bonds is 5. The van der Waals surface area contributed by atoms with E-state index in [0.717, 1.165) is 26.6 Å². The summed E-state index contributed by atoms with van der Waals surface area (Å²) in [5.41, 5.74) is 1.99. The third-order valence-electron chi connectivity index (χ3n) is 3.81. The Labute approximate surface area is 158 Å². The molecule has 0 aliphatic rings. The average molecular weight is 384 g/mol. The first-order valence-electron chi connectivity index (χ1n) is 8.05. The number of nitrogens with zero attached hydrogens (tertiary/aromatic N) is 3. The van der Waals surface area contributed by atoms with Gasteiger partial charge >= 0.3 is 0 Å². The van der Waals surface area contributed by atoms with Gasteiger partial charge in [0.15, 0.2) is 16.0 Å². The van der Waals surface area contributed by atoms with E-state index in [0.29, 0.717) is 17.4 Å². The van der Waals surface area contributed by atoms with Crippen molar-refractivity contribution in [2.75, 3.05) is 18.2 Å². The van der Waals surface area contributed by atoms with Gasteiger partial charge in [-0.15, -0.1) is 0 Å². The predicted octanol–water partition coefficient (Wildman–Crippen LogP) is 4.32. The molecule has 132 valence electrons. The van der Waals surface area contributed by atoms with Crippen LogP contribution in [0.2, 0.25) is 0 Å². The van der Waals surface area contributed by atoms with Crippen LogP contribution >= 0.6 is 23.1 Å². The summed E-state index contributed by atoms with van der Waals surface area (Å²) >= 11 is 2.91. The van der Waals surface area contributed by atoms with Crippen LogP contribution in [0.25, 0.3) is 15.7 Å². The van der Waals surface area contributed by atoms with E-state index >= 15 is 0 Å². The maximum absolute atomic E-state index is 12.7. The van der Waals surface area contributed by atoms with Gasteiger partial charge < -0.3 is 4.74 Å². The fourth-order valence-electron chi connectivity index (χ4n) is 2.69. The molecular weight excluding hydrogens is 368 g/mol. The molecule has 0 unspecified atom stereocenters. The van der Waals surface area contributed by atoms with E-state index < -0.39 is 0 Å². The summed E-state index contributed by atoms with van der Waals surface area (Å²) in [6.07, 6.45) is 3.84. The topological polar surface area (TPSA) is 68.5 Å². The molecule has 0 atom stereocenters. The van der Waals surface area contributed by atoms with Crippen LogP contribution in [0.5, 0.6) is 5.75 Å². The highest BCUT2D eigenvalue weighted by Gasteiger charge is 2.18. The van der Waals surface area contributed by atoms with E-state index in [9.17, 15) is 4.79 Å². The van der Waals surface area contributed by atoms with Crippen LogP contribution in [-0.2, 0) is 0 Å². The number of anilines is 1. The Morgan fingerprint density at radius 3 is 3.00 bits per heavy atom. The molecule has 0 aliphatic heterocycles. The van der Waals surface area contributed by atoms with Crippen molar-refractivity contribution in [3.05, 3.63) is 48.3 Å². The smallest absolute Gasteiger partial charge is 0.278 e. The molecule has 1 amide bonds. The number of hydrogen-bond donors (Lipinski definition) is 1. The fourth-order valence-corrected chi connectivity index (χ4v) is 4.12. The highest BCUT2D eigenvalue weighted by atomic mass is 32.2. The molecule has 1 aromatic carbocycles. The number of thioether (sulfide) groups is 1. The Balaban J connectivity index is 1.65. The molecule has 0 radical (unpaired) electrons. The lowest BCUT2D eigenvalue weighted by atomic mass is 10.3. The Morgan fingerprint density at radius 1 is 1.31 bits per heavy atom. The number of carbonyl (C=O) groups is 1. The molecular formula is C18H16N4O2S2. The molecule has 3 aromatic heterocycles. The zero-order valence-electron chi connectivity index (χ0n) is 14.2. The predicted molar refractivity (Wildman–Crippen MR) is 106 cm³/mol. The number of ether oxygens (including phenoxy) is 1.